The molecular formula is C15H10ClN2. The Bertz CT molecular complexity index is 588. The molecule has 0 amide bonds. The van der Waals surface area contributed by atoms with Crippen molar-refractivity contribution in [2.75, 3.05) is 0 Å². The van der Waals surface area contributed by atoms with Crippen LogP contribution in [0.2, 0.25) is 5.02 Å². The summed E-state index contributed by atoms with van der Waals surface area (Å²) in [6.07, 6.45) is 3.72. The van der Waals surface area contributed by atoms with Crippen molar-refractivity contribution in [1.82, 2.24) is 0 Å². The van der Waals surface area contributed by atoms with Crippen molar-refractivity contribution in [2.45, 2.75) is 5.54 Å². The number of nitrogens with zero attached hydrogens (tertiary/aromatic N) is 2. The van der Waals surface area contributed by atoms with Crippen molar-refractivity contribution in [3.8, 4) is 0 Å². The molecule has 0 saturated carbocycles. The van der Waals surface area contributed by atoms with Gasteiger partial charge in [0.05, 0.1) is 0 Å². The molecule has 0 bridgehead atoms. The van der Waals surface area contributed by atoms with Gasteiger partial charge in [0.15, 0.2) is 5.54 Å². The molecule has 1 aliphatic rings. The molecule has 0 aromatic heterocycles. The van der Waals surface area contributed by atoms with Crippen LogP contribution in [0.5, 0.6) is 0 Å². The van der Waals surface area contributed by atoms with Crippen LogP contribution in [-0.2, 0) is 5.54 Å². The summed E-state index contributed by atoms with van der Waals surface area (Å²) in [5, 5.41) is 9.12. The van der Waals surface area contributed by atoms with Gasteiger partial charge in [-0.15, -0.1) is 0 Å². The monoisotopic (exact) mass is 253 g/mol. The Morgan fingerprint density at radius 1 is 0.944 bits per heavy atom. The van der Waals surface area contributed by atoms with E-state index in [4.69, 9.17) is 11.6 Å². The third kappa shape index (κ3) is 1.75. The lowest BCUT2D eigenvalue weighted by Gasteiger charge is -2.23. The number of rotatable bonds is 2. The number of benzene rings is 2. The minimum atomic E-state index is -0.528. The van der Waals surface area contributed by atoms with E-state index in [0.29, 0.717) is 5.02 Å². The zero-order chi connectivity index (χ0) is 12.4. The lowest BCUT2D eigenvalue weighted by molar-refractivity contribution is 0.670. The predicted molar refractivity (Wildman–Crippen MR) is 71.5 cm³/mol. The van der Waals surface area contributed by atoms with Crippen LogP contribution in [-0.4, -0.2) is 0 Å². The van der Waals surface area contributed by atoms with Crippen LogP contribution >= 0.6 is 11.6 Å². The van der Waals surface area contributed by atoms with Crippen LogP contribution < -0.4 is 0 Å². The summed E-state index contributed by atoms with van der Waals surface area (Å²) in [7, 11) is 0. The quantitative estimate of drug-likeness (QED) is 0.760. The Labute approximate surface area is 111 Å². The fraction of sp³-hybridized carbons (Fsp3) is 0.0667. The van der Waals surface area contributed by atoms with Crippen LogP contribution in [0.3, 0.4) is 0 Å². The van der Waals surface area contributed by atoms with Gasteiger partial charge in [-0.05, 0) is 35.4 Å². The first kappa shape index (κ1) is 11.2. The molecule has 18 heavy (non-hydrogen) atoms. The van der Waals surface area contributed by atoms with E-state index in [1.165, 1.54) is 0 Å². The van der Waals surface area contributed by atoms with E-state index >= 15 is 0 Å². The van der Waals surface area contributed by atoms with Gasteiger partial charge in [0.25, 0.3) is 0 Å². The SMILES string of the molecule is Clc1ccc(C2(c3cc[c]cc3)C=CN=N2)cc1. The molecule has 1 radical (unpaired) electrons. The molecule has 3 rings (SSSR count). The maximum atomic E-state index is 5.93. The summed E-state index contributed by atoms with van der Waals surface area (Å²) in [5.74, 6) is 0. The van der Waals surface area contributed by atoms with Crippen molar-refractivity contribution in [2.24, 2.45) is 10.2 Å². The first-order chi connectivity index (χ1) is 8.81. The van der Waals surface area contributed by atoms with E-state index in [9.17, 15) is 0 Å². The Kier molecular flexibility index (Phi) is 2.73. The number of halogens is 1. The zero-order valence-corrected chi connectivity index (χ0v) is 10.3. The van der Waals surface area contributed by atoms with Crippen LogP contribution in [0.1, 0.15) is 11.1 Å². The molecule has 1 heterocycles. The highest BCUT2D eigenvalue weighted by atomic mass is 35.5. The second-order valence-corrected chi connectivity index (χ2v) is 4.53. The van der Waals surface area contributed by atoms with Crippen molar-refractivity contribution in [1.29, 1.82) is 0 Å². The van der Waals surface area contributed by atoms with Gasteiger partial charge in [0.1, 0.15) is 0 Å². The molecule has 2 aromatic carbocycles. The summed E-state index contributed by atoms with van der Waals surface area (Å²) in [6, 6.07) is 18.5. The molecule has 87 valence electrons. The van der Waals surface area contributed by atoms with Crippen LogP contribution in [0.15, 0.2) is 71.0 Å². The Morgan fingerprint density at radius 3 is 2.22 bits per heavy atom. The smallest absolute Gasteiger partial charge is 0.152 e. The summed E-state index contributed by atoms with van der Waals surface area (Å²) in [4.78, 5) is 0. The second kappa shape index (κ2) is 4.39. The predicted octanol–water partition coefficient (Wildman–Crippen LogP) is 4.36. The first-order valence-corrected chi connectivity index (χ1v) is 6.01. The average molecular weight is 254 g/mol. The van der Waals surface area contributed by atoms with Gasteiger partial charge in [0.2, 0.25) is 0 Å². The molecule has 0 aliphatic carbocycles. The maximum Gasteiger partial charge on any atom is 0.152 e. The summed E-state index contributed by atoms with van der Waals surface area (Å²) in [5.41, 5.74) is 1.59. The lowest BCUT2D eigenvalue weighted by atomic mass is 9.84. The molecule has 0 fully saturated rings. The molecule has 1 atom stereocenters. The highest BCUT2D eigenvalue weighted by molar-refractivity contribution is 6.30. The van der Waals surface area contributed by atoms with E-state index in [2.05, 4.69) is 16.3 Å². The largest absolute Gasteiger partial charge is 0.168 e. The van der Waals surface area contributed by atoms with E-state index in [1.54, 1.807) is 6.20 Å². The molecule has 1 unspecified atom stereocenters. The van der Waals surface area contributed by atoms with Gasteiger partial charge in [-0.3, -0.25) is 0 Å². The molecule has 2 aromatic rings. The van der Waals surface area contributed by atoms with Crippen molar-refractivity contribution >= 4 is 11.6 Å². The van der Waals surface area contributed by atoms with Crippen molar-refractivity contribution in [3.05, 3.63) is 83.0 Å². The number of hydrogen-bond acceptors (Lipinski definition) is 2. The van der Waals surface area contributed by atoms with Crippen LogP contribution in [0, 0.1) is 6.07 Å². The third-order valence-electron chi connectivity index (χ3n) is 3.04. The molecule has 0 saturated heterocycles. The highest BCUT2D eigenvalue weighted by Crippen LogP contribution is 2.38. The van der Waals surface area contributed by atoms with E-state index < -0.39 is 5.54 Å². The maximum absolute atomic E-state index is 5.93. The van der Waals surface area contributed by atoms with Gasteiger partial charge in [-0.25, -0.2) is 0 Å². The van der Waals surface area contributed by atoms with Crippen molar-refractivity contribution in [3.63, 3.8) is 0 Å². The van der Waals surface area contributed by atoms with E-state index in [0.717, 1.165) is 11.1 Å². The van der Waals surface area contributed by atoms with Gasteiger partial charge < -0.3 is 0 Å². The highest BCUT2D eigenvalue weighted by Gasteiger charge is 2.33. The number of hydrogen-bond donors (Lipinski definition) is 0. The Hall–Kier alpha value is -1.93. The molecular weight excluding hydrogens is 244 g/mol. The van der Waals surface area contributed by atoms with E-state index in [-0.39, 0.29) is 0 Å². The summed E-state index contributed by atoms with van der Waals surface area (Å²) < 4.78 is 0. The zero-order valence-electron chi connectivity index (χ0n) is 9.55. The fourth-order valence-corrected chi connectivity index (χ4v) is 2.24. The van der Waals surface area contributed by atoms with Gasteiger partial charge in [-0.1, -0.05) is 48.0 Å². The minimum absolute atomic E-state index is 0.528. The molecule has 3 heteroatoms. The Balaban J connectivity index is 2.17. The van der Waals surface area contributed by atoms with Crippen molar-refractivity contribution < 1.29 is 0 Å². The summed E-state index contributed by atoms with van der Waals surface area (Å²) >= 11 is 5.93. The third-order valence-corrected chi connectivity index (χ3v) is 3.29. The standard InChI is InChI=1S/C15H10ClN2/c16-14-8-6-13(7-9-14)15(10-11-17-18-15)12-4-2-1-3-5-12/h2-11H. The average Bonchev–Trinajstić information content (AvgIpc) is 2.91. The minimum Gasteiger partial charge on any atom is -0.168 e. The molecule has 0 N–H and O–H groups in total. The van der Waals surface area contributed by atoms with Crippen LogP contribution in [0.4, 0.5) is 0 Å². The fourth-order valence-electron chi connectivity index (χ4n) is 2.12. The Morgan fingerprint density at radius 2 is 1.61 bits per heavy atom. The molecule has 2 nitrogen and oxygen atoms in total. The molecule has 1 aliphatic heterocycles. The number of azo groups is 1. The molecule has 0 spiro atoms. The topological polar surface area (TPSA) is 24.7 Å². The van der Waals surface area contributed by atoms with Gasteiger partial charge in [-0.2, -0.15) is 10.2 Å². The van der Waals surface area contributed by atoms with E-state index in [1.807, 2.05) is 54.6 Å². The van der Waals surface area contributed by atoms with Crippen LogP contribution in [0.25, 0.3) is 0 Å². The second-order valence-electron chi connectivity index (χ2n) is 4.09. The first-order valence-electron chi connectivity index (χ1n) is 5.64. The van der Waals surface area contributed by atoms with Gasteiger partial charge >= 0.3 is 0 Å². The lowest BCUT2D eigenvalue weighted by Crippen LogP contribution is -2.20. The van der Waals surface area contributed by atoms with Gasteiger partial charge in [0, 0.05) is 11.2 Å². The normalized spacial score (nSPS) is 21.4. The summed E-state index contributed by atoms with van der Waals surface area (Å²) in [6.45, 7) is 0.